The van der Waals surface area contributed by atoms with Gasteiger partial charge in [-0.3, -0.25) is 4.79 Å². The van der Waals surface area contributed by atoms with E-state index in [0.717, 1.165) is 29.9 Å². The lowest BCUT2D eigenvalue weighted by Gasteiger charge is -2.26. The second-order valence-corrected chi connectivity index (χ2v) is 13.9. The zero-order valence-corrected chi connectivity index (χ0v) is 31.7. The summed E-state index contributed by atoms with van der Waals surface area (Å²) in [5.74, 6) is 1.01. The highest BCUT2D eigenvalue weighted by Gasteiger charge is 2.22. The van der Waals surface area contributed by atoms with Gasteiger partial charge in [-0.15, -0.1) is 0 Å². The Morgan fingerprint density at radius 1 is 0.696 bits per heavy atom. The van der Waals surface area contributed by atoms with Crippen LogP contribution in [0.1, 0.15) is 145 Å². The van der Waals surface area contributed by atoms with Crippen molar-refractivity contribution in [3.63, 3.8) is 0 Å². The fourth-order valence-electron chi connectivity index (χ4n) is 5.91. The summed E-state index contributed by atoms with van der Waals surface area (Å²) in [7, 11) is 2.01. The first kappa shape index (κ1) is 39.8. The van der Waals surface area contributed by atoms with Gasteiger partial charge in [0.05, 0.1) is 6.61 Å². The normalized spacial score (nSPS) is 11.2. The summed E-state index contributed by atoms with van der Waals surface area (Å²) in [5.41, 5.74) is 4.08. The lowest BCUT2D eigenvalue weighted by atomic mass is 9.85. The molecule has 0 aliphatic rings. The van der Waals surface area contributed by atoms with Crippen LogP contribution >= 0.6 is 0 Å². The van der Waals surface area contributed by atoms with Gasteiger partial charge in [0.15, 0.2) is 12.4 Å². The molecule has 0 atom stereocenters. The van der Waals surface area contributed by atoms with Gasteiger partial charge in [-0.2, -0.15) is 0 Å². The van der Waals surface area contributed by atoms with Gasteiger partial charge < -0.3 is 33.6 Å². The van der Waals surface area contributed by atoms with Crippen LogP contribution in [0, 0.1) is 0 Å². The van der Waals surface area contributed by atoms with Gasteiger partial charge in [0, 0.05) is 30.8 Å². The molecule has 0 aliphatic carbocycles. The smallest absolute Gasteiger partial charge is 0.254 e. The first-order chi connectivity index (χ1) is 21.8. The Morgan fingerprint density at radius 3 is 1.76 bits per heavy atom. The molecule has 0 fully saturated rings. The molecule has 0 saturated carbocycles. The Morgan fingerprint density at radius 2 is 1.22 bits per heavy atom. The molecule has 1 heterocycles. The first-order valence-electron chi connectivity index (χ1n) is 17.8. The number of ether oxygens (including phenoxy) is 1. The number of amides is 1. The molecule has 0 unspecified atom stereocenters. The lowest BCUT2D eigenvalue weighted by Crippen LogP contribution is -3.00. The molecule has 1 aromatic heterocycles. The van der Waals surface area contributed by atoms with Gasteiger partial charge in [-0.25, -0.2) is 4.57 Å². The van der Waals surface area contributed by atoms with E-state index < -0.39 is 0 Å². The maximum absolute atomic E-state index is 13.6. The quantitative estimate of drug-likeness (QED) is 0.0644. The SMILES string of the molecule is CCCCCCCCCCCCCCCCOc1ccc(CN(Cc2cc[n+](C)cc2)C(=O)c2ccccc2)cc1C(C)(C)C.[I-]. The van der Waals surface area contributed by atoms with Crippen molar-refractivity contribution in [1.82, 2.24) is 4.90 Å². The monoisotopic (exact) mass is 740 g/mol. The number of benzene rings is 2. The molecule has 0 spiro atoms. The molecule has 2 aromatic carbocycles. The molecule has 0 saturated heterocycles. The number of aryl methyl sites for hydroxylation is 1. The predicted molar refractivity (Wildman–Crippen MR) is 189 cm³/mol. The van der Waals surface area contributed by atoms with Gasteiger partial charge in [0.2, 0.25) is 0 Å². The fourth-order valence-corrected chi connectivity index (χ4v) is 5.91. The molecule has 0 bridgehead atoms. The zero-order chi connectivity index (χ0) is 32.3. The third-order valence-corrected chi connectivity index (χ3v) is 8.71. The van der Waals surface area contributed by atoms with E-state index in [-0.39, 0.29) is 35.3 Å². The number of carbonyl (C=O) groups is 1. The molecule has 254 valence electrons. The molecule has 1 amide bonds. The van der Waals surface area contributed by atoms with Gasteiger partial charge >= 0.3 is 0 Å². The third kappa shape index (κ3) is 15.0. The molecular formula is C41H61IN2O2. The van der Waals surface area contributed by atoms with Crippen molar-refractivity contribution in [2.45, 2.75) is 136 Å². The van der Waals surface area contributed by atoms with Crippen LogP contribution in [0.4, 0.5) is 0 Å². The predicted octanol–water partition coefficient (Wildman–Crippen LogP) is 7.52. The van der Waals surface area contributed by atoms with Crippen molar-refractivity contribution in [3.8, 4) is 5.75 Å². The molecule has 3 rings (SSSR count). The van der Waals surface area contributed by atoms with E-state index >= 15 is 0 Å². The number of unbranched alkanes of at least 4 members (excludes halogenated alkanes) is 13. The first-order valence-corrected chi connectivity index (χ1v) is 17.8. The number of aromatic nitrogens is 1. The Labute approximate surface area is 298 Å². The van der Waals surface area contributed by atoms with Gasteiger partial charge in [-0.1, -0.05) is 135 Å². The number of rotatable bonds is 21. The van der Waals surface area contributed by atoms with Gasteiger partial charge in [0.25, 0.3) is 5.91 Å². The average molecular weight is 741 g/mol. The number of hydrogen-bond acceptors (Lipinski definition) is 2. The fraction of sp³-hybridized carbons (Fsp3) is 0.561. The summed E-state index contributed by atoms with van der Waals surface area (Å²) in [5, 5.41) is 0. The Bertz CT molecular complexity index is 1240. The minimum Gasteiger partial charge on any atom is -1.00 e. The van der Waals surface area contributed by atoms with Crippen molar-refractivity contribution in [1.29, 1.82) is 0 Å². The largest absolute Gasteiger partial charge is 1.00 e. The Kier molecular flexibility index (Phi) is 19.2. The van der Waals surface area contributed by atoms with Crippen molar-refractivity contribution < 1.29 is 38.1 Å². The number of hydrogen-bond donors (Lipinski definition) is 0. The van der Waals surface area contributed by atoms with Gasteiger partial charge in [-0.05, 0) is 52.8 Å². The van der Waals surface area contributed by atoms with E-state index in [2.05, 4.69) is 58.0 Å². The third-order valence-electron chi connectivity index (χ3n) is 8.71. The number of nitrogens with zero attached hydrogens (tertiary/aromatic N) is 2. The topological polar surface area (TPSA) is 33.4 Å². The van der Waals surface area contributed by atoms with E-state index in [1.165, 1.54) is 89.0 Å². The molecule has 3 aromatic rings. The van der Waals surface area contributed by atoms with Crippen molar-refractivity contribution in [2.75, 3.05) is 6.61 Å². The number of halogens is 1. The summed E-state index contributed by atoms with van der Waals surface area (Å²) < 4.78 is 8.39. The number of carbonyl (C=O) groups excluding carboxylic acids is 1. The molecule has 4 nitrogen and oxygen atoms in total. The number of pyridine rings is 1. The molecule has 0 radical (unpaired) electrons. The maximum Gasteiger partial charge on any atom is 0.254 e. The van der Waals surface area contributed by atoms with E-state index in [1.54, 1.807) is 0 Å². The van der Waals surface area contributed by atoms with Crippen LogP contribution in [0.15, 0.2) is 73.1 Å². The second-order valence-electron chi connectivity index (χ2n) is 13.9. The molecule has 0 aliphatic heterocycles. The highest BCUT2D eigenvalue weighted by atomic mass is 127. The summed E-state index contributed by atoms with van der Waals surface area (Å²) >= 11 is 0. The zero-order valence-electron chi connectivity index (χ0n) is 29.5. The van der Waals surface area contributed by atoms with E-state index in [0.29, 0.717) is 18.7 Å². The molecule has 0 N–H and O–H groups in total. The van der Waals surface area contributed by atoms with Crippen molar-refractivity contribution >= 4 is 5.91 Å². The Hall–Kier alpha value is -2.41. The van der Waals surface area contributed by atoms with E-state index in [1.807, 2.05) is 59.2 Å². The van der Waals surface area contributed by atoms with Crippen LogP contribution in [-0.2, 0) is 25.6 Å². The second kappa shape index (κ2) is 22.2. The van der Waals surface area contributed by atoms with Crippen LogP contribution < -0.4 is 33.3 Å². The standard InChI is InChI=1S/C41H61N2O2.HI/c1-6-7-8-9-10-11-12-13-14-15-16-17-18-22-31-45-39-26-25-36(32-38(39)41(2,3)4)34-43(33-35-27-29-42(5)30-28-35)40(44)37-23-20-19-21-24-37;/h19-21,23-30,32H,6-18,22,31,33-34H2,1-5H3;1H/q+1;/p-1. The van der Waals surface area contributed by atoms with E-state index in [4.69, 9.17) is 4.74 Å². The summed E-state index contributed by atoms with van der Waals surface area (Å²) in [6.07, 6.45) is 23.1. The van der Waals surface area contributed by atoms with Crippen LogP contribution in [0.3, 0.4) is 0 Å². The lowest BCUT2D eigenvalue weighted by molar-refractivity contribution is -0.671. The van der Waals surface area contributed by atoms with Crippen molar-refractivity contribution in [3.05, 3.63) is 95.3 Å². The Balaban J connectivity index is 0.00000736. The average Bonchev–Trinajstić information content (AvgIpc) is 3.03. The highest BCUT2D eigenvalue weighted by molar-refractivity contribution is 5.94. The van der Waals surface area contributed by atoms with Crippen molar-refractivity contribution in [2.24, 2.45) is 7.05 Å². The maximum atomic E-state index is 13.6. The summed E-state index contributed by atoms with van der Waals surface area (Å²) in [4.78, 5) is 15.6. The van der Waals surface area contributed by atoms with Crippen LogP contribution in [0.5, 0.6) is 5.75 Å². The molecular weight excluding hydrogens is 679 g/mol. The van der Waals surface area contributed by atoms with Crippen LogP contribution in [0.2, 0.25) is 0 Å². The van der Waals surface area contributed by atoms with E-state index in [9.17, 15) is 4.79 Å². The minimum absolute atomic E-state index is 0. The highest BCUT2D eigenvalue weighted by Crippen LogP contribution is 2.33. The molecule has 46 heavy (non-hydrogen) atoms. The van der Waals surface area contributed by atoms with Crippen LogP contribution in [0.25, 0.3) is 0 Å². The van der Waals surface area contributed by atoms with Gasteiger partial charge in [0.1, 0.15) is 12.8 Å². The minimum atomic E-state index is -0.0662. The summed E-state index contributed by atoms with van der Waals surface area (Å²) in [6, 6.07) is 20.3. The summed E-state index contributed by atoms with van der Waals surface area (Å²) in [6.45, 7) is 10.8. The van der Waals surface area contributed by atoms with Crippen LogP contribution in [-0.4, -0.2) is 17.4 Å². The molecule has 5 heteroatoms.